The maximum Gasteiger partial charge on any atom is 0.280 e. The second kappa shape index (κ2) is 7.20. The van der Waals surface area contributed by atoms with Crippen LogP contribution in [0.3, 0.4) is 0 Å². The maximum atomic E-state index is 12.8. The number of rotatable bonds is 3. The van der Waals surface area contributed by atoms with Crippen LogP contribution in [0.4, 0.5) is 11.4 Å². The molecular formula is C24H26N2O4. The van der Waals surface area contributed by atoms with Crippen molar-refractivity contribution in [3.63, 3.8) is 0 Å². The molecule has 1 aliphatic rings. The van der Waals surface area contributed by atoms with Crippen LogP contribution in [-0.2, 0) is 10.8 Å². The topological polar surface area (TPSA) is 89.3 Å². The molecule has 0 bridgehead atoms. The Hall–Kier alpha value is -3.28. The third-order valence-corrected chi connectivity index (χ3v) is 5.25. The first-order valence-corrected chi connectivity index (χ1v) is 9.80. The summed E-state index contributed by atoms with van der Waals surface area (Å²) in [4.78, 5) is 36.6. The van der Waals surface area contributed by atoms with Crippen molar-refractivity contribution in [2.24, 2.45) is 0 Å². The summed E-state index contributed by atoms with van der Waals surface area (Å²) in [5.41, 5.74) is 2.39. The molecule has 1 N–H and O–H groups in total. The number of carbonyl (C=O) groups is 2. The van der Waals surface area contributed by atoms with Gasteiger partial charge in [-0.1, -0.05) is 53.7 Å². The molecule has 0 atom stereocenters. The van der Waals surface area contributed by atoms with Crippen LogP contribution in [0.2, 0.25) is 0 Å². The number of nitrogens with one attached hydrogen (secondary N) is 1. The molecule has 6 nitrogen and oxygen atoms in total. The lowest BCUT2D eigenvalue weighted by Gasteiger charge is -2.19. The van der Waals surface area contributed by atoms with Crippen LogP contribution < -0.4 is 5.32 Å². The number of Topliss-reactive ketones (excluding diaryl/α,β-unsaturated/α-hetero) is 1. The van der Waals surface area contributed by atoms with Crippen LogP contribution >= 0.6 is 0 Å². The average Bonchev–Trinajstić information content (AvgIpc) is 2.94. The maximum absolute atomic E-state index is 12.8. The van der Waals surface area contributed by atoms with Crippen molar-refractivity contribution in [2.45, 2.75) is 52.4 Å². The molecular weight excluding hydrogens is 380 g/mol. The van der Waals surface area contributed by atoms with E-state index in [0.29, 0.717) is 11.3 Å². The van der Waals surface area contributed by atoms with Gasteiger partial charge < -0.3 is 5.32 Å². The van der Waals surface area contributed by atoms with Gasteiger partial charge in [0.25, 0.3) is 5.69 Å². The predicted molar refractivity (Wildman–Crippen MR) is 117 cm³/mol. The van der Waals surface area contributed by atoms with E-state index >= 15 is 0 Å². The summed E-state index contributed by atoms with van der Waals surface area (Å²) < 4.78 is 0. The number of anilines is 1. The Labute approximate surface area is 176 Å². The fraction of sp³-hybridized carbons (Fsp3) is 0.333. The minimum absolute atomic E-state index is 0.0403. The van der Waals surface area contributed by atoms with Crippen molar-refractivity contribution in [1.29, 1.82) is 0 Å². The predicted octanol–water partition coefficient (Wildman–Crippen LogP) is 5.56. The number of ketones is 2. The highest BCUT2D eigenvalue weighted by Gasteiger charge is 2.29. The lowest BCUT2D eigenvalue weighted by atomic mass is 9.86. The summed E-state index contributed by atoms with van der Waals surface area (Å²) in [6, 6.07) is 10.2. The summed E-state index contributed by atoms with van der Waals surface area (Å²) >= 11 is 0. The van der Waals surface area contributed by atoms with Gasteiger partial charge in [-0.3, -0.25) is 19.7 Å². The molecule has 2 aromatic rings. The number of nitro benzene ring substituents is 1. The van der Waals surface area contributed by atoms with E-state index in [-0.39, 0.29) is 33.6 Å². The molecule has 0 aliphatic carbocycles. The standard InChI is InChI=1S/C24H26N2O4/c1-23(2,3)14-7-9-16-18(11-14)25-19(22(16)28)13-21(27)17-10-8-15(24(4,5)6)12-20(17)26(29)30/h7-13,25H,1-6H3/b19-13-. The first-order valence-electron chi connectivity index (χ1n) is 9.80. The highest BCUT2D eigenvalue weighted by Crippen LogP contribution is 2.34. The van der Waals surface area contributed by atoms with Crippen molar-refractivity contribution in [2.75, 3.05) is 5.32 Å². The van der Waals surface area contributed by atoms with Crippen molar-refractivity contribution in [3.05, 3.63) is 80.5 Å². The number of carbonyl (C=O) groups excluding carboxylic acids is 2. The quantitative estimate of drug-likeness (QED) is 0.312. The molecule has 156 valence electrons. The SMILES string of the molecule is CC(C)(C)c1ccc2c(c1)N/C(=C\C(=O)c1ccc(C(C)(C)C)cc1[N+](=O)[O-])C2=O. The molecule has 30 heavy (non-hydrogen) atoms. The minimum Gasteiger partial charge on any atom is -0.352 e. The summed E-state index contributed by atoms with van der Waals surface area (Å²) in [7, 11) is 0. The van der Waals surface area contributed by atoms with Gasteiger partial charge in [0.05, 0.1) is 21.9 Å². The lowest BCUT2D eigenvalue weighted by molar-refractivity contribution is -0.385. The third-order valence-electron chi connectivity index (χ3n) is 5.25. The van der Waals surface area contributed by atoms with Crippen LogP contribution in [0.1, 0.15) is 73.4 Å². The van der Waals surface area contributed by atoms with Gasteiger partial charge in [-0.15, -0.1) is 0 Å². The molecule has 1 heterocycles. The van der Waals surface area contributed by atoms with Crippen molar-refractivity contribution in [1.82, 2.24) is 0 Å². The zero-order valence-electron chi connectivity index (χ0n) is 18.1. The molecule has 0 spiro atoms. The highest BCUT2D eigenvalue weighted by molar-refractivity contribution is 6.22. The number of hydrogen-bond acceptors (Lipinski definition) is 5. The number of nitrogens with zero attached hydrogens (tertiary/aromatic N) is 1. The largest absolute Gasteiger partial charge is 0.352 e. The van der Waals surface area contributed by atoms with E-state index in [1.165, 1.54) is 12.1 Å². The molecule has 0 fully saturated rings. The van der Waals surface area contributed by atoms with Gasteiger partial charge in [0.2, 0.25) is 5.78 Å². The van der Waals surface area contributed by atoms with Crippen LogP contribution in [0.5, 0.6) is 0 Å². The van der Waals surface area contributed by atoms with Gasteiger partial charge >= 0.3 is 0 Å². The van der Waals surface area contributed by atoms with Gasteiger partial charge in [-0.2, -0.15) is 0 Å². The first kappa shape index (κ1) is 21.4. The molecule has 0 aromatic heterocycles. The molecule has 0 unspecified atom stereocenters. The molecule has 0 saturated heterocycles. The molecule has 0 radical (unpaired) electrons. The summed E-state index contributed by atoms with van der Waals surface area (Å²) in [5.74, 6) is -0.880. The van der Waals surface area contributed by atoms with Crippen LogP contribution in [0.25, 0.3) is 0 Å². The van der Waals surface area contributed by atoms with Crippen molar-refractivity contribution < 1.29 is 14.5 Å². The molecule has 1 aliphatic heterocycles. The molecule has 6 heteroatoms. The van der Waals surface area contributed by atoms with Crippen LogP contribution in [0, 0.1) is 10.1 Å². The molecule has 2 aromatic carbocycles. The van der Waals surface area contributed by atoms with Gasteiger partial charge in [0, 0.05) is 17.7 Å². The molecule has 0 saturated carbocycles. The Bertz CT molecular complexity index is 1100. The number of allylic oxidation sites excluding steroid dienone is 2. The second-order valence-corrected chi connectivity index (χ2v) is 9.63. The Morgan fingerprint density at radius 2 is 1.53 bits per heavy atom. The van der Waals surface area contributed by atoms with Crippen LogP contribution in [-0.4, -0.2) is 16.5 Å². The summed E-state index contributed by atoms with van der Waals surface area (Å²) in [5, 5.41) is 14.6. The van der Waals surface area contributed by atoms with Gasteiger partial charge in [0.15, 0.2) is 5.78 Å². The van der Waals surface area contributed by atoms with E-state index in [1.54, 1.807) is 12.1 Å². The smallest absolute Gasteiger partial charge is 0.280 e. The summed E-state index contributed by atoms with van der Waals surface area (Å²) in [6.07, 6.45) is 1.15. The second-order valence-electron chi connectivity index (χ2n) is 9.63. The highest BCUT2D eigenvalue weighted by atomic mass is 16.6. The Kier molecular flexibility index (Phi) is 5.14. The van der Waals surface area contributed by atoms with Gasteiger partial charge in [-0.05, 0) is 40.2 Å². The van der Waals surface area contributed by atoms with E-state index in [9.17, 15) is 19.7 Å². The number of nitro groups is 1. The number of hydrogen-bond donors (Lipinski definition) is 1. The monoisotopic (exact) mass is 406 g/mol. The zero-order chi connectivity index (χ0) is 22.4. The van der Waals surface area contributed by atoms with Crippen molar-refractivity contribution in [3.8, 4) is 0 Å². The number of fused-ring (bicyclic) bond motifs is 1. The summed E-state index contributed by atoms with van der Waals surface area (Å²) in [6.45, 7) is 12.1. The van der Waals surface area contributed by atoms with Crippen molar-refractivity contribution >= 4 is 22.9 Å². The minimum atomic E-state index is -0.582. The normalized spacial score (nSPS) is 15.1. The Morgan fingerprint density at radius 1 is 0.967 bits per heavy atom. The molecule has 3 rings (SSSR count). The van der Waals surface area contributed by atoms with Gasteiger partial charge in [-0.25, -0.2) is 0 Å². The first-order chi connectivity index (χ1) is 13.8. The fourth-order valence-corrected chi connectivity index (χ4v) is 3.33. The Morgan fingerprint density at radius 3 is 2.10 bits per heavy atom. The fourth-order valence-electron chi connectivity index (χ4n) is 3.33. The lowest BCUT2D eigenvalue weighted by Crippen LogP contribution is -2.13. The van der Waals surface area contributed by atoms with E-state index in [1.807, 2.05) is 32.9 Å². The van der Waals surface area contributed by atoms with E-state index < -0.39 is 10.7 Å². The third kappa shape index (κ3) is 4.03. The Balaban J connectivity index is 1.97. The van der Waals surface area contributed by atoms with E-state index in [2.05, 4.69) is 26.1 Å². The number of benzene rings is 2. The van der Waals surface area contributed by atoms with E-state index in [4.69, 9.17) is 0 Å². The average molecular weight is 406 g/mol. The zero-order valence-corrected chi connectivity index (χ0v) is 18.1. The van der Waals surface area contributed by atoms with Crippen LogP contribution in [0.15, 0.2) is 48.2 Å². The van der Waals surface area contributed by atoms with E-state index in [0.717, 1.165) is 17.2 Å². The van der Waals surface area contributed by atoms with Gasteiger partial charge in [0.1, 0.15) is 0 Å². The molecule has 0 amide bonds.